The Morgan fingerprint density at radius 1 is 1.29 bits per heavy atom. The van der Waals surface area contributed by atoms with E-state index in [0.717, 1.165) is 6.42 Å². The lowest BCUT2D eigenvalue weighted by Gasteiger charge is -2.15. The van der Waals surface area contributed by atoms with Crippen LogP contribution in [0.2, 0.25) is 0 Å². The molecule has 0 saturated carbocycles. The van der Waals surface area contributed by atoms with Crippen molar-refractivity contribution in [1.29, 1.82) is 0 Å². The molecule has 0 bridgehead atoms. The third-order valence-electron chi connectivity index (χ3n) is 2.79. The van der Waals surface area contributed by atoms with Gasteiger partial charge in [0.2, 0.25) is 0 Å². The van der Waals surface area contributed by atoms with E-state index in [9.17, 15) is 13.2 Å². The Bertz CT molecular complexity index is 323. The number of carbonyl (C=O) groups is 1. The fourth-order valence-corrected chi connectivity index (χ4v) is 2.59. The number of sulfone groups is 1. The van der Waals surface area contributed by atoms with Crippen LogP contribution in [0.5, 0.6) is 0 Å². The predicted octanol–water partition coefficient (Wildman–Crippen LogP) is 1.39. The fourth-order valence-electron chi connectivity index (χ4n) is 1.77. The minimum absolute atomic E-state index is 0.0122. The summed E-state index contributed by atoms with van der Waals surface area (Å²) in [5, 5.41) is 0. The van der Waals surface area contributed by atoms with E-state index < -0.39 is 9.84 Å². The summed E-state index contributed by atoms with van der Waals surface area (Å²) in [5.41, 5.74) is 5.61. The quantitative estimate of drug-likeness (QED) is 0.682. The zero-order valence-corrected chi connectivity index (χ0v) is 11.9. The van der Waals surface area contributed by atoms with Gasteiger partial charge >= 0.3 is 0 Å². The summed E-state index contributed by atoms with van der Waals surface area (Å²) >= 11 is 0. The molecule has 0 aliphatic heterocycles. The maximum absolute atomic E-state index is 11.6. The summed E-state index contributed by atoms with van der Waals surface area (Å²) in [6, 6.07) is 0. The molecule has 0 spiro atoms. The van der Waals surface area contributed by atoms with Gasteiger partial charge in [-0.1, -0.05) is 20.8 Å². The zero-order valence-electron chi connectivity index (χ0n) is 11.1. The lowest BCUT2D eigenvalue weighted by molar-refractivity contribution is -0.119. The van der Waals surface area contributed by atoms with Crippen molar-refractivity contribution in [3.63, 3.8) is 0 Å². The van der Waals surface area contributed by atoms with E-state index in [1.54, 1.807) is 6.92 Å². The first-order chi connectivity index (χ1) is 7.80. The highest BCUT2D eigenvalue weighted by atomic mass is 32.2. The summed E-state index contributed by atoms with van der Waals surface area (Å²) in [6.45, 7) is 6.27. The van der Waals surface area contributed by atoms with Crippen LogP contribution in [-0.4, -0.2) is 32.3 Å². The Morgan fingerprint density at radius 3 is 2.29 bits per heavy atom. The highest BCUT2D eigenvalue weighted by molar-refractivity contribution is 7.91. The van der Waals surface area contributed by atoms with Gasteiger partial charge in [0, 0.05) is 18.6 Å². The molecule has 0 aromatic carbocycles. The molecular formula is C12H25NO3S. The standard InChI is InChI=1S/C12H25NO3S/c1-4-17(15,16)6-5-12(14)8-11(9-13)7-10(2)3/h10-11H,4-9,13H2,1-3H3. The third-order valence-corrected chi connectivity index (χ3v) is 4.49. The van der Waals surface area contributed by atoms with Crippen LogP contribution < -0.4 is 5.73 Å². The van der Waals surface area contributed by atoms with Crippen molar-refractivity contribution in [2.75, 3.05) is 18.1 Å². The first-order valence-corrected chi connectivity index (χ1v) is 8.05. The van der Waals surface area contributed by atoms with Crippen LogP contribution >= 0.6 is 0 Å². The molecule has 0 fully saturated rings. The molecule has 2 N–H and O–H groups in total. The van der Waals surface area contributed by atoms with Gasteiger partial charge in [-0.15, -0.1) is 0 Å². The van der Waals surface area contributed by atoms with Crippen LogP contribution in [0.4, 0.5) is 0 Å². The van der Waals surface area contributed by atoms with Gasteiger partial charge in [0.1, 0.15) is 15.6 Å². The van der Waals surface area contributed by atoms with Crippen LogP contribution in [0.3, 0.4) is 0 Å². The van der Waals surface area contributed by atoms with Gasteiger partial charge in [-0.3, -0.25) is 4.79 Å². The second kappa shape index (κ2) is 7.82. The molecule has 102 valence electrons. The molecule has 0 radical (unpaired) electrons. The molecule has 1 unspecified atom stereocenters. The number of Topliss-reactive ketones (excluding diaryl/α,β-unsaturated/α-hetero) is 1. The Hall–Kier alpha value is -0.420. The maximum atomic E-state index is 11.6. The molecule has 0 aliphatic carbocycles. The number of nitrogens with two attached hydrogens (primary N) is 1. The van der Waals surface area contributed by atoms with Gasteiger partial charge in [-0.25, -0.2) is 8.42 Å². The minimum atomic E-state index is -3.03. The van der Waals surface area contributed by atoms with E-state index in [1.165, 1.54) is 0 Å². The average molecular weight is 263 g/mol. The van der Waals surface area contributed by atoms with E-state index in [-0.39, 0.29) is 29.6 Å². The van der Waals surface area contributed by atoms with Gasteiger partial charge in [-0.05, 0) is 24.8 Å². The van der Waals surface area contributed by atoms with Gasteiger partial charge in [-0.2, -0.15) is 0 Å². The molecule has 0 aromatic rings. The minimum Gasteiger partial charge on any atom is -0.330 e. The number of ketones is 1. The summed E-state index contributed by atoms with van der Waals surface area (Å²) in [6.07, 6.45) is 1.46. The van der Waals surface area contributed by atoms with Gasteiger partial charge in [0.15, 0.2) is 0 Å². The van der Waals surface area contributed by atoms with Crippen molar-refractivity contribution >= 4 is 15.6 Å². The van der Waals surface area contributed by atoms with Gasteiger partial charge in [0.25, 0.3) is 0 Å². The summed E-state index contributed by atoms with van der Waals surface area (Å²) in [4.78, 5) is 11.6. The van der Waals surface area contributed by atoms with Crippen molar-refractivity contribution in [2.45, 2.75) is 40.0 Å². The van der Waals surface area contributed by atoms with E-state index in [4.69, 9.17) is 5.73 Å². The molecule has 0 aliphatic rings. The van der Waals surface area contributed by atoms with Crippen molar-refractivity contribution in [3.05, 3.63) is 0 Å². The largest absolute Gasteiger partial charge is 0.330 e. The molecule has 17 heavy (non-hydrogen) atoms. The highest BCUT2D eigenvalue weighted by Crippen LogP contribution is 2.15. The maximum Gasteiger partial charge on any atom is 0.150 e. The van der Waals surface area contributed by atoms with Gasteiger partial charge < -0.3 is 5.73 Å². The Kier molecular flexibility index (Phi) is 7.63. The molecule has 0 heterocycles. The lowest BCUT2D eigenvalue weighted by atomic mass is 9.92. The number of hydrogen-bond acceptors (Lipinski definition) is 4. The van der Waals surface area contributed by atoms with Crippen molar-refractivity contribution < 1.29 is 13.2 Å². The van der Waals surface area contributed by atoms with Crippen LogP contribution in [0.15, 0.2) is 0 Å². The Labute approximate surface area is 105 Å². The molecule has 0 aromatic heterocycles. The first kappa shape index (κ1) is 16.6. The Morgan fingerprint density at radius 2 is 1.88 bits per heavy atom. The smallest absolute Gasteiger partial charge is 0.150 e. The monoisotopic (exact) mass is 263 g/mol. The predicted molar refractivity (Wildman–Crippen MR) is 70.6 cm³/mol. The van der Waals surface area contributed by atoms with E-state index in [1.807, 2.05) is 0 Å². The van der Waals surface area contributed by atoms with E-state index >= 15 is 0 Å². The van der Waals surface area contributed by atoms with E-state index in [0.29, 0.717) is 18.9 Å². The van der Waals surface area contributed by atoms with Crippen LogP contribution in [0.1, 0.15) is 40.0 Å². The third kappa shape index (κ3) is 8.32. The summed E-state index contributed by atoms with van der Waals surface area (Å²) in [5.74, 6) is 0.786. The van der Waals surface area contributed by atoms with Crippen LogP contribution in [-0.2, 0) is 14.6 Å². The number of carbonyl (C=O) groups excluding carboxylic acids is 1. The summed E-state index contributed by atoms with van der Waals surface area (Å²) in [7, 11) is -3.03. The lowest BCUT2D eigenvalue weighted by Crippen LogP contribution is -2.21. The van der Waals surface area contributed by atoms with E-state index in [2.05, 4.69) is 13.8 Å². The second-order valence-corrected chi connectivity index (χ2v) is 7.43. The molecule has 0 rings (SSSR count). The van der Waals surface area contributed by atoms with Crippen LogP contribution in [0.25, 0.3) is 0 Å². The SMILES string of the molecule is CCS(=O)(=O)CCC(=O)CC(CN)CC(C)C. The zero-order chi connectivity index (χ0) is 13.5. The van der Waals surface area contributed by atoms with Crippen LogP contribution in [0, 0.1) is 11.8 Å². The topological polar surface area (TPSA) is 77.2 Å². The van der Waals surface area contributed by atoms with Gasteiger partial charge in [0.05, 0.1) is 5.75 Å². The van der Waals surface area contributed by atoms with Crippen molar-refractivity contribution in [3.8, 4) is 0 Å². The second-order valence-electron chi connectivity index (χ2n) is 4.96. The summed E-state index contributed by atoms with van der Waals surface area (Å²) < 4.78 is 22.5. The Balaban J connectivity index is 4.08. The normalized spacial score (nSPS) is 13.9. The number of hydrogen-bond donors (Lipinski definition) is 1. The molecule has 5 heteroatoms. The molecular weight excluding hydrogens is 238 g/mol. The molecule has 0 saturated heterocycles. The van der Waals surface area contributed by atoms with Crippen molar-refractivity contribution in [2.24, 2.45) is 17.6 Å². The first-order valence-electron chi connectivity index (χ1n) is 6.22. The molecule has 0 amide bonds. The fraction of sp³-hybridized carbons (Fsp3) is 0.917. The number of rotatable bonds is 9. The average Bonchev–Trinajstić information content (AvgIpc) is 2.25. The highest BCUT2D eigenvalue weighted by Gasteiger charge is 2.16. The van der Waals surface area contributed by atoms with Crippen molar-refractivity contribution in [1.82, 2.24) is 0 Å². The molecule has 4 nitrogen and oxygen atoms in total. The molecule has 1 atom stereocenters.